The van der Waals surface area contributed by atoms with Gasteiger partial charge in [-0.3, -0.25) is 14.5 Å². The molecule has 2 atom stereocenters. The van der Waals surface area contributed by atoms with Gasteiger partial charge in [0.2, 0.25) is 0 Å². The Hall–Kier alpha value is -1.53. The van der Waals surface area contributed by atoms with E-state index in [1.54, 1.807) is 6.92 Å². The van der Waals surface area contributed by atoms with Crippen molar-refractivity contribution in [2.24, 2.45) is 5.92 Å². The highest BCUT2D eigenvalue weighted by molar-refractivity contribution is 5.77. The molecule has 1 saturated heterocycles. The van der Waals surface area contributed by atoms with Crippen LogP contribution < -0.4 is 0 Å². The van der Waals surface area contributed by atoms with Crippen LogP contribution in [0.2, 0.25) is 0 Å². The van der Waals surface area contributed by atoms with Crippen LogP contribution in [0.5, 0.6) is 0 Å². The molecule has 1 fully saturated rings. The Balaban J connectivity index is -0.00000130. The molecule has 1 aliphatic heterocycles. The Morgan fingerprint density at radius 3 is 1.52 bits per heavy atom. The number of unbranched alkanes of at least 4 members (excludes halogenated alkanes) is 25. The summed E-state index contributed by atoms with van der Waals surface area (Å²) in [7, 11) is 0. The van der Waals surface area contributed by atoms with E-state index in [1.165, 1.54) is 161 Å². The molecule has 0 spiro atoms. The van der Waals surface area contributed by atoms with Gasteiger partial charge in [0.15, 0.2) is 0 Å². The maximum absolute atomic E-state index is 12.6. The van der Waals surface area contributed by atoms with Gasteiger partial charge in [-0.05, 0) is 90.0 Å². The predicted molar refractivity (Wildman–Crippen MR) is 286 cm³/mol. The number of carbonyl (C=O) groups excluding carboxylic acids is 3. The van der Waals surface area contributed by atoms with Gasteiger partial charge in [0.05, 0.1) is 6.61 Å². The highest BCUT2D eigenvalue weighted by Gasteiger charge is 2.29. The molecule has 0 amide bonds. The number of hydrogen-bond acceptors (Lipinski definition) is 6. The molecule has 0 aromatic rings. The van der Waals surface area contributed by atoms with Crippen LogP contribution in [-0.2, 0) is 23.9 Å². The quantitative estimate of drug-likeness (QED) is 0.0344. The highest BCUT2D eigenvalue weighted by atomic mass is 16.5. The van der Waals surface area contributed by atoms with Crippen LogP contribution in [0.4, 0.5) is 0 Å². The molecular formula is C59H117NO5. The van der Waals surface area contributed by atoms with Crippen molar-refractivity contribution < 1.29 is 23.9 Å². The van der Waals surface area contributed by atoms with Crippen molar-refractivity contribution >= 4 is 17.5 Å². The Labute approximate surface area is 408 Å². The number of Topliss-reactive ketones (excluding diaryl/α,β-unsaturated/α-hetero) is 2. The fourth-order valence-corrected chi connectivity index (χ4v) is 8.60. The second kappa shape index (κ2) is 56.8. The van der Waals surface area contributed by atoms with Gasteiger partial charge in [0.25, 0.3) is 0 Å². The van der Waals surface area contributed by atoms with Gasteiger partial charge in [0, 0.05) is 44.9 Å². The van der Waals surface area contributed by atoms with Crippen molar-refractivity contribution in [2.75, 3.05) is 26.3 Å². The number of carbonyl (C=O) groups is 3. The molecule has 6 heteroatoms. The molecule has 6 nitrogen and oxygen atoms in total. The molecule has 1 heterocycles. The van der Waals surface area contributed by atoms with E-state index in [0.29, 0.717) is 37.0 Å². The van der Waals surface area contributed by atoms with Crippen molar-refractivity contribution in [3.8, 4) is 0 Å². The smallest absolute Gasteiger partial charge is 0.306 e. The van der Waals surface area contributed by atoms with Gasteiger partial charge in [-0.25, -0.2) is 0 Å². The van der Waals surface area contributed by atoms with Gasteiger partial charge in [-0.15, -0.1) is 6.58 Å². The van der Waals surface area contributed by atoms with E-state index in [2.05, 4.69) is 46.1 Å². The van der Waals surface area contributed by atoms with Crippen LogP contribution in [0.3, 0.4) is 0 Å². The SMILES string of the molecule is C=CCCCCCCCCCCC.CC.CCCCCC(=O)CC.CCCCCCCCC(CCCCCCCC)OC(=O)CCCCCCCOC[C@@H]1CC(C)CN1CCCC(C)=O. The highest BCUT2D eigenvalue weighted by Crippen LogP contribution is 2.24. The van der Waals surface area contributed by atoms with Crippen LogP contribution in [0.25, 0.3) is 0 Å². The zero-order chi connectivity index (χ0) is 48.9. The Morgan fingerprint density at radius 2 is 1.03 bits per heavy atom. The predicted octanol–water partition coefficient (Wildman–Crippen LogP) is 18.5. The lowest BCUT2D eigenvalue weighted by atomic mass is 10.0. The number of allylic oxidation sites excluding steroid dienone is 1. The second-order valence-corrected chi connectivity index (χ2v) is 19.4. The lowest BCUT2D eigenvalue weighted by Gasteiger charge is -2.24. The maximum Gasteiger partial charge on any atom is 0.306 e. The summed E-state index contributed by atoms with van der Waals surface area (Å²) in [5.74, 6) is 1.43. The topological polar surface area (TPSA) is 72.9 Å². The summed E-state index contributed by atoms with van der Waals surface area (Å²) >= 11 is 0. The number of nitrogens with zero attached hydrogens (tertiary/aromatic N) is 1. The molecule has 388 valence electrons. The van der Waals surface area contributed by atoms with Crippen LogP contribution in [-0.4, -0.2) is 60.9 Å². The molecule has 65 heavy (non-hydrogen) atoms. The number of likely N-dealkylation sites (tertiary alicyclic amines) is 1. The van der Waals surface area contributed by atoms with Crippen molar-refractivity contribution in [1.29, 1.82) is 0 Å². The molecule has 1 aliphatic rings. The van der Waals surface area contributed by atoms with Crippen LogP contribution in [0.1, 0.15) is 306 Å². The fourth-order valence-electron chi connectivity index (χ4n) is 8.60. The minimum atomic E-state index is 0.0222. The minimum absolute atomic E-state index is 0.0222. The molecule has 0 aromatic carbocycles. The summed E-state index contributed by atoms with van der Waals surface area (Å²) in [6.07, 6.45) is 47.6. The monoisotopic (exact) mass is 920 g/mol. The Bertz CT molecular complexity index is 968. The summed E-state index contributed by atoms with van der Waals surface area (Å²) in [6.45, 7) is 26.4. The van der Waals surface area contributed by atoms with Gasteiger partial charge in [-0.1, -0.05) is 209 Å². The third kappa shape index (κ3) is 53.3. The summed E-state index contributed by atoms with van der Waals surface area (Å²) in [5.41, 5.74) is 0. The standard InChI is InChI=1S/C36H69NO4.C13H26.C8H16O.C2H6/c1-5-7-9-11-14-18-24-35(25-19-15-12-10-8-6-2)41-36(39)26-20-16-13-17-21-28-40-31-34-29-32(3)30-37(34)27-22-23-33(4)38;1-3-5-7-9-11-13-12-10-8-6-4-2;1-3-5-6-7-8(9)4-2;1-2/h32,34-35H,5-31H2,1-4H3;3H,1,4-13H2,2H3;3-7H2,1-2H3;1-2H3/t32?,34-;;;/m0.../s1. The van der Waals surface area contributed by atoms with E-state index in [1.807, 2.05) is 26.8 Å². The molecular weight excluding hydrogens is 803 g/mol. The normalized spacial score (nSPS) is 14.5. The third-order valence-corrected chi connectivity index (χ3v) is 12.7. The summed E-state index contributed by atoms with van der Waals surface area (Å²) in [6, 6.07) is 0.508. The zero-order valence-electron chi connectivity index (χ0n) is 45.7. The van der Waals surface area contributed by atoms with Crippen LogP contribution >= 0.6 is 0 Å². The number of hydrogen-bond donors (Lipinski definition) is 0. The fraction of sp³-hybridized carbons (Fsp3) is 0.915. The van der Waals surface area contributed by atoms with Crippen molar-refractivity contribution in [3.05, 3.63) is 12.7 Å². The number of rotatable bonds is 44. The van der Waals surface area contributed by atoms with Crippen molar-refractivity contribution in [2.45, 2.75) is 318 Å². The number of ether oxygens (including phenoxy) is 2. The number of esters is 1. The van der Waals surface area contributed by atoms with Crippen molar-refractivity contribution in [1.82, 2.24) is 4.90 Å². The van der Waals surface area contributed by atoms with Crippen LogP contribution in [0, 0.1) is 5.92 Å². The average molecular weight is 921 g/mol. The molecule has 0 radical (unpaired) electrons. The van der Waals surface area contributed by atoms with Crippen molar-refractivity contribution in [3.63, 3.8) is 0 Å². The largest absolute Gasteiger partial charge is 0.462 e. The van der Waals surface area contributed by atoms with Gasteiger partial charge in [0.1, 0.15) is 17.7 Å². The first-order valence-electron chi connectivity index (χ1n) is 28.8. The Morgan fingerprint density at radius 1 is 0.585 bits per heavy atom. The van der Waals surface area contributed by atoms with E-state index in [-0.39, 0.29) is 17.9 Å². The van der Waals surface area contributed by atoms with E-state index in [0.717, 1.165) is 90.5 Å². The molecule has 0 aromatic heterocycles. The van der Waals surface area contributed by atoms with Gasteiger partial charge in [-0.2, -0.15) is 0 Å². The first kappa shape index (κ1) is 67.7. The Kier molecular flexibility index (Phi) is 59.2. The second-order valence-electron chi connectivity index (χ2n) is 19.4. The molecule has 0 aliphatic carbocycles. The molecule has 0 saturated carbocycles. The zero-order valence-corrected chi connectivity index (χ0v) is 45.7. The van der Waals surface area contributed by atoms with E-state index < -0.39 is 0 Å². The summed E-state index contributed by atoms with van der Waals surface area (Å²) < 4.78 is 12.0. The average Bonchev–Trinajstić information content (AvgIpc) is 3.66. The first-order valence-corrected chi connectivity index (χ1v) is 28.8. The van der Waals surface area contributed by atoms with Gasteiger partial charge < -0.3 is 14.3 Å². The summed E-state index contributed by atoms with van der Waals surface area (Å²) in [4.78, 5) is 37.0. The molecule has 1 rings (SSSR count). The molecule has 0 N–H and O–H groups in total. The van der Waals surface area contributed by atoms with Gasteiger partial charge >= 0.3 is 5.97 Å². The first-order chi connectivity index (χ1) is 31.7. The molecule has 1 unspecified atom stereocenters. The minimum Gasteiger partial charge on any atom is -0.462 e. The van der Waals surface area contributed by atoms with E-state index >= 15 is 0 Å². The van der Waals surface area contributed by atoms with E-state index in [9.17, 15) is 14.4 Å². The number of ketones is 2. The lowest BCUT2D eigenvalue weighted by Crippen LogP contribution is -2.34. The van der Waals surface area contributed by atoms with E-state index in [4.69, 9.17) is 9.47 Å². The summed E-state index contributed by atoms with van der Waals surface area (Å²) in [5, 5.41) is 0. The maximum atomic E-state index is 12.6. The van der Waals surface area contributed by atoms with Crippen LogP contribution in [0.15, 0.2) is 12.7 Å². The molecule has 0 bridgehead atoms. The lowest BCUT2D eigenvalue weighted by molar-refractivity contribution is -0.150. The third-order valence-electron chi connectivity index (χ3n) is 12.7.